The molecule has 1 aromatic heterocycles. The Labute approximate surface area is 169 Å². The Morgan fingerprint density at radius 3 is 2.56 bits per heavy atom. The van der Waals surface area contributed by atoms with Gasteiger partial charge < -0.3 is 20.8 Å². The van der Waals surface area contributed by atoms with Gasteiger partial charge in [0.05, 0.1) is 17.1 Å². The van der Waals surface area contributed by atoms with Gasteiger partial charge in [-0.15, -0.1) is 24.8 Å². The summed E-state index contributed by atoms with van der Waals surface area (Å²) < 4.78 is 5.62. The maximum absolute atomic E-state index is 12.3. The van der Waals surface area contributed by atoms with Gasteiger partial charge in [-0.2, -0.15) is 0 Å². The van der Waals surface area contributed by atoms with Gasteiger partial charge in [0.25, 0.3) is 5.91 Å². The van der Waals surface area contributed by atoms with Crippen LogP contribution in [0.1, 0.15) is 12.8 Å². The first kappa shape index (κ1) is 21.2. The Morgan fingerprint density at radius 2 is 1.89 bits per heavy atom. The average molecular weight is 409 g/mol. The number of nitrogens with zero attached hydrogens (tertiary/aromatic N) is 1. The lowest BCUT2D eigenvalue weighted by molar-refractivity contribution is -0.126. The number of nitrogens with one attached hydrogen (secondary N) is 2. The van der Waals surface area contributed by atoms with Crippen molar-refractivity contribution in [2.24, 2.45) is 5.73 Å². The first-order valence-electron chi connectivity index (χ1n) is 8.44. The lowest BCUT2D eigenvalue weighted by Gasteiger charge is -2.12. The maximum Gasteiger partial charge on any atom is 0.253 e. The number of fused-ring (bicyclic) bond motifs is 1. The SMILES string of the molecule is Cl.Cl.NC[C@H]1CC[C@@H](C(=O)Nc2ccc(-c3nc4ccccc4[nH]3)cc2)O1. The van der Waals surface area contributed by atoms with Gasteiger partial charge in [0.1, 0.15) is 11.9 Å². The number of aromatic nitrogens is 2. The summed E-state index contributed by atoms with van der Waals surface area (Å²) in [5.41, 5.74) is 9.23. The molecule has 0 aliphatic carbocycles. The molecule has 1 aliphatic heterocycles. The highest BCUT2D eigenvalue weighted by molar-refractivity contribution is 5.94. The molecule has 4 rings (SSSR count). The second kappa shape index (κ2) is 9.19. The second-order valence-electron chi connectivity index (χ2n) is 6.23. The van der Waals surface area contributed by atoms with Gasteiger partial charge in [-0.25, -0.2) is 4.98 Å². The predicted octanol–water partition coefficient (Wildman–Crippen LogP) is 3.52. The van der Waals surface area contributed by atoms with E-state index in [0.717, 1.165) is 34.5 Å². The molecular formula is C19H22Cl2N4O2. The van der Waals surface area contributed by atoms with Crippen molar-refractivity contribution in [3.05, 3.63) is 48.5 Å². The van der Waals surface area contributed by atoms with Crippen LogP contribution in [0.3, 0.4) is 0 Å². The van der Waals surface area contributed by atoms with Crippen LogP contribution in [0.2, 0.25) is 0 Å². The number of imidazole rings is 1. The Kier molecular flexibility index (Phi) is 7.21. The zero-order valence-corrected chi connectivity index (χ0v) is 16.2. The summed E-state index contributed by atoms with van der Waals surface area (Å²) in [5, 5.41) is 2.90. The van der Waals surface area contributed by atoms with E-state index in [1.54, 1.807) is 0 Å². The fourth-order valence-corrected chi connectivity index (χ4v) is 3.10. The normalized spacial score (nSPS) is 18.6. The third-order valence-electron chi connectivity index (χ3n) is 4.48. The fourth-order valence-electron chi connectivity index (χ4n) is 3.10. The number of carbonyl (C=O) groups excluding carboxylic acids is 1. The van der Waals surface area contributed by atoms with Gasteiger partial charge in [-0.1, -0.05) is 12.1 Å². The molecule has 144 valence electrons. The van der Waals surface area contributed by atoms with Crippen molar-refractivity contribution in [3.63, 3.8) is 0 Å². The lowest BCUT2D eigenvalue weighted by Crippen LogP contribution is -2.29. The molecule has 3 aromatic rings. The van der Waals surface area contributed by atoms with Gasteiger partial charge in [0.15, 0.2) is 0 Å². The maximum atomic E-state index is 12.3. The van der Waals surface area contributed by atoms with Gasteiger partial charge in [-0.05, 0) is 49.2 Å². The first-order chi connectivity index (χ1) is 12.2. The number of hydrogen-bond acceptors (Lipinski definition) is 4. The number of rotatable bonds is 4. The number of aromatic amines is 1. The molecule has 0 bridgehead atoms. The number of hydrogen-bond donors (Lipinski definition) is 3. The van der Waals surface area contributed by atoms with Crippen LogP contribution in [-0.2, 0) is 9.53 Å². The van der Waals surface area contributed by atoms with Crippen molar-refractivity contribution in [3.8, 4) is 11.4 Å². The zero-order chi connectivity index (χ0) is 17.2. The Bertz CT molecular complexity index is 865. The molecule has 2 atom stereocenters. The monoisotopic (exact) mass is 408 g/mol. The van der Waals surface area contributed by atoms with E-state index < -0.39 is 6.10 Å². The largest absolute Gasteiger partial charge is 0.364 e. The molecule has 2 aromatic carbocycles. The van der Waals surface area contributed by atoms with Gasteiger partial charge >= 0.3 is 0 Å². The van der Waals surface area contributed by atoms with Crippen molar-refractivity contribution < 1.29 is 9.53 Å². The van der Waals surface area contributed by atoms with Crippen molar-refractivity contribution in [2.45, 2.75) is 25.0 Å². The van der Waals surface area contributed by atoms with Crippen LogP contribution in [-0.4, -0.2) is 34.6 Å². The van der Waals surface area contributed by atoms with Crippen LogP contribution in [0.4, 0.5) is 5.69 Å². The summed E-state index contributed by atoms with van der Waals surface area (Å²) in [4.78, 5) is 20.1. The average Bonchev–Trinajstić information content (AvgIpc) is 3.29. The molecule has 27 heavy (non-hydrogen) atoms. The second-order valence-corrected chi connectivity index (χ2v) is 6.23. The highest BCUT2D eigenvalue weighted by Crippen LogP contribution is 2.23. The Hall–Kier alpha value is -2.12. The van der Waals surface area contributed by atoms with E-state index in [0.29, 0.717) is 13.0 Å². The molecule has 8 heteroatoms. The Balaban J connectivity index is 0.00000131. The van der Waals surface area contributed by atoms with Gasteiger partial charge in [-0.3, -0.25) is 4.79 Å². The predicted molar refractivity (Wildman–Crippen MR) is 112 cm³/mol. The van der Waals surface area contributed by atoms with E-state index in [1.165, 1.54) is 0 Å². The minimum absolute atomic E-state index is 0. The number of amides is 1. The van der Waals surface area contributed by atoms with E-state index in [2.05, 4.69) is 15.3 Å². The zero-order valence-electron chi connectivity index (χ0n) is 14.6. The van der Waals surface area contributed by atoms with E-state index in [9.17, 15) is 4.79 Å². The number of halogens is 2. The third kappa shape index (κ3) is 4.59. The fraction of sp³-hybridized carbons (Fsp3) is 0.263. The molecule has 0 unspecified atom stereocenters. The number of anilines is 1. The molecule has 1 saturated heterocycles. The minimum Gasteiger partial charge on any atom is -0.364 e. The topological polar surface area (TPSA) is 93.0 Å². The van der Waals surface area contributed by atoms with E-state index >= 15 is 0 Å². The van der Waals surface area contributed by atoms with Crippen LogP contribution in [0.25, 0.3) is 22.4 Å². The van der Waals surface area contributed by atoms with Gasteiger partial charge in [0, 0.05) is 17.8 Å². The van der Waals surface area contributed by atoms with E-state index in [4.69, 9.17) is 10.5 Å². The highest BCUT2D eigenvalue weighted by atomic mass is 35.5. The summed E-state index contributed by atoms with van der Waals surface area (Å²) in [5.74, 6) is 0.691. The van der Waals surface area contributed by atoms with Crippen LogP contribution in [0.5, 0.6) is 0 Å². The number of H-pyrrole nitrogens is 1. The van der Waals surface area contributed by atoms with Gasteiger partial charge in [0.2, 0.25) is 0 Å². The van der Waals surface area contributed by atoms with Crippen molar-refractivity contribution in [1.82, 2.24) is 9.97 Å². The standard InChI is InChI=1S/C19H20N4O2.2ClH/c20-11-14-9-10-17(25-14)19(24)21-13-7-5-12(6-8-13)18-22-15-3-1-2-4-16(15)23-18;;/h1-8,14,17H,9-11,20H2,(H,21,24)(H,22,23);2*1H/t14-,17+;;/m1../s1. The van der Waals surface area contributed by atoms with Crippen LogP contribution < -0.4 is 11.1 Å². The Morgan fingerprint density at radius 1 is 1.15 bits per heavy atom. The van der Waals surface area contributed by atoms with E-state index in [-0.39, 0.29) is 36.8 Å². The molecule has 6 nitrogen and oxygen atoms in total. The molecular weight excluding hydrogens is 387 g/mol. The smallest absolute Gasteiger partial charge is 0.253 e. The molecule has 2 heterocycles. The van der Waals surface area contributed by atoms with E-state index in [1.807, 2.05) is 48.5 Å². The number of para-hydroxylation sites is 2. The number of benzene rings is 2. The summed E-state index contributed by atoms with van der Waals surface area (Å²) in [6, 6.07) is 15.5. The summed E-state index contributed by atoms with van der Waals surface area (Å²) in [7, 11) is 0. The third-order valence-corrected chi connectivity index (χ3v) is 4.48. The molecule has 0 saturated carbocycles. The lowest BCUT2D eigenvalue weighted by atomic mass is 10.1. The molecule has 0 spiro atoms. The van der Waals surface area contributed by atoms with Crippen molar-refractivity contribution in [1.29, 1.82) is 0 Å². The number of carbonyl (C=O) groups is 1. The minimum atomic E-state index is -0.413. The summed E-state index contributed by atoms with van der Waals surface area (Å²) in [6.07, 6.45) is 1.12. The molecule has 4 N–H and O–H groups in total. The molecule has 1 fully saturated rings. The highest BCUT2D eigenvalue weighted by Gasteiger charge is 2.29. The van der Waals surface area contributed by atoms with Crippen LogP contribution in [0, 0.1) is 0 Å². The van der Waals surface area contributed by atoms with Crippen molar-refractivity contribution >= 4 is 47.4 Å². The molecule has 0 radical (unpaired) electrons. The van der Waals surface area contributed by atoms with Crippen molar-refractivity contribution in [2.75, 3.05) is 11.9 Å². The van der Waals surface area contributed by atoms with Crippen LogP contribution in [0.15, 0.2) is 48.5 Å². The summed E-state index contributed by atoms with van der Waals surface area (Å²) >= 11 is 0. The summed E-state index contributed by atoms with van der Waals surface area (Å²) in [6.45, 7) is 0.454. The quantitative estimate of drug-likeness (QED) is 0.615. The first-order valence-corrected chi connectivity index (χ1v) is 8.44. The number of ether oxygens (including phenoxy) is 1. The molecule has 1 amide bonds. The van der Waals surface area contributed by atoms with Crippen LogP contribution >= 0.6 is 24.8 Å². The molecule has 1 aliphatic rings. The number of nitrogens with two attached hydrogens (primary N) is 1.